The average molecular weight is 314 g/mol. The van der Waals surface area contributed by atoms with Crippen molar-refractivity contribution in [1.29, 1.82) is 0 Å². The van der Waals surface area contributed by atoms with Gasteiger partial charge < -0.3 is 15.0 Å². The number of aromatic amines is 1. The Balaban J connectivity index is 2.32. The summed E-state index contributed by atoms with van der Waals surface area (Å²) in [5.41, 5.74) is 0.249. The molecule has 0 unspecified atom stereocenters. The van der Waals surface area contributed by atoms with E-state index >= 15 is 0 Å². The highest BCUT2D eigenvalue weighted by molar-refractivity contribution is 5.93. The van der Waals surface area contributed by atoms with E-state index in [9.17, 15) is 14.7 Å². The number of nitrogens with zero attached hydrogens (tertiary/aromatic N) is 1. The number of aliphatic hydroxyl groups is 1. The minimum Gasteiger partial charge on any atom is -0.389 e. The van der Waals surface area contributed by atoms with E-state index < -0.39 is 17.1 Å². The normalized spacial score (nSPS) is 11.3. The number of aryl methyl sites for hydroxylation is 1. The van der Waals surface area contributed by atoms with Gasteiger partial charge in [0.15, 0.2) is 0 Å². The zero-order valence-electron chi connectivity index (χ0n) is 13.7. The standard InChI is InChI=1S/C18H22N2O3/c1-13-9-10-15(16(21)19-13)17(22)20(12-18(2,3)23)11-14-7-5-4-6-8-14/h4-10,23H,11-12H2,1-3H3,(H,19,21). The van der Waals surface area contributed by atoms with Gasteiger partial charge in [0.1, 0.15) is 5.56 Å². The molecule has 5 heteroatoms. The highest BCUT2D eigenvalue weighted by atomic mass is 16.3. The predicted octanol–water partition coefficient (Wildman–Crippen LogP) is 2.10. The van der Waals surface area contributed by atoms with Gasteiger partial charge in [-0.15, -0.1) is 0 Å². The largest absolute Gasteiger partial charge is 0.389 e. The Hall–Kier alpha value is -2.40. The van der Waals surface area contributed by atoms with Gasteiger partial charge in [-0.1, -0.05) is 30.3 Å². The topological polar surface area (TPSA) is 73.4 Å². The second-order valence-corrected chi connectivity index (χ2v) is 6.34. The summed E-state index contributed by atoms with van der Waals surface area (Å²) >= 11 is 0. The second kappa shape index (κ2) is 6.79. The van der Waals surface area contributed by atoms with E-state index in [2.05, 4.69) is 4.98 Å². The lowest BCUT2D eigenvalue weighted by molar-refractivity contribution is 0.0279. The number of aromatic nitrogens is 1. The van der Waals surface area contributed by atoms with Gasteiger partial charge in [-0.25, -0.2) is 0 Å². The molecule has 2 aromatic rings. The monoisotopic (exact) mass is 314 g/mol. The van der Waals surface area contributed by atoms with Crippen LogP contribution in [0.1, 0.15) is 35.5 Å². The van der Waals surface area contributed by atoms with Crippen LogP contribution >= 0.6 is 0 Å². The van der Waals surface area contributed by atoms with Crippen LogP contribution < -0.4 is 5.56 Å². The highest BCUT2D eigenvalue weighted by Gasteiger charge is 2.25. The number of hydrogen-bond donors (Lipinski definition) is 2. The summed E-state index contributed by atoms with van der Waals surface area (Å²) < 4.78 is 0. The van der Waals surface area contributed by atoms with E-state index in [4.69, 9.17) is 0 Å². The van der Waals surface area contributed by atoms with E-state index in [0.29, 0.717) is 12.2 Å². The average Bonchev–Trinajstić information content (AvgIpc) is 2.45. The van der Waals surface area contributed by atoms with Gasteiger partial charge in [0.05, 0.1) is 5.60 Å². The molecule has 0 aliphatic heterocycles. The van der Waals surface area contributed by atoms with E-state index in [0.717, 1.165) is 5.56 Å². The first-order valence-electron chi connectivity index (χ1n) is 7.52. The Kier molecular flexibility index (Phi) is 5.01. The SMILES string of the molecule is Cc1ccc(C(=O)N(Cc2ccccc2)CC(C)(C)O)c(=O)[nH]1. The van der Waals surface area contributed by atoms with Crippen molar-refractivity contribution in [2.24, 2.45) is 0 Å². The summed E-state index contributed by atoms with van der Waals surface area (Å²) in [6, 6.07) is 12.7. The summed E-state index contributed by atoms with van der Waals surface area (Å²) in [6.07, 6.45) is 0. The molecule has 23 heavy (non-hydrogen) atoms. The van der Waals surface area contributed by atoms with Crippen molar-refractivity contribution < 1.29 is 9.90 Å². The summed E-state index contributed by atoms with van der Waals surface area (Å²) in [5, 5.41) is 10.1. The number of carbonyl (C=O) groups excluding carboxylic acids is 1. The van der Waals surface area contributed by atoms with Crippen molar-refractivity contribution in [3.05, 3.63) is 69.6 Å². The van der Waals surface area contributed by atoms with Crippen LogP contribution in [0.2, 0.25) is 0 Å². The van der Waals surface area contributed by atoms with Crippen LogP contribution in [0.25, 0.3) is 0 Å². The van der Waals surface area contributed by atoms with Crippen LogP contribution in [-0.4, -0.2) is 33.0 Å². The Labute approximate surface area is 135 Å². The van der Waals surface area contributed by atoms with Crippen molar-refractivity contribution in [3.8, 4) is 0 Å². The Morgan fingerprint density at radius 1 is 1.17 bits per heavy atom. The van der Waals surface area contributed by atoms with Crippen LogP contribution in [0, 0.1) is 6.92 Å². The molecule has 2 N–H and O–H groups in total. The van der Waals surface area contributed by atoms with Crippen molar-refractivity contribution >= 4 is 5.91 Å². The van der Waals surface area contributed by atoms with Crippen LogP contribution in [0.4, 0.5) is 0 Å². The van der Waals surface area contributed by atoms with E-state index in [1.165, 1.54) is 11.0 Å². The van der Waals surface area contributed by atoms with E-state index in [1.54, 1.807) is 26.8 Å². The fraction of sp³-hybridized carbons (Fsp3) is 0.333. The third-order valence-electron chi connectivity index (χ3n) is 3.37. The van der Waals surface area contributed by atoms with E-state index in [1.807, 2.05) is 30.3 Å². The lowest BCUT2D eigenvalue weighted by Crippen LogP contribution is -2.43. The summed E-state index contributed by atoms with van der Waals surface area (Å²) in [6.45, 7) is 5.49. The minimum atomic E-state index is -1.05. The molecule has 0 atom stereocenters. The maximum absolute atomic E-state index is 12.8. The number of carbonyl (C=O) groups is 1. The molecular formula is C18H22N2O3. The number of amides is 1. The third kappa shape index (κ3) is 4.79. The number of benzene rings is 1. The van der Waals surface area contributed by atoms with E-state index in [-0.39, 0.29) is 12.1 Å². The quantitative estimate of drug-likeness (QED) is 0.887. The maximum Gasteiger partial charge on any atom is 0.260 e. The molecule has 0 aliphatic rings. The van der Waals surface area contributed by atoms with Gasteiger partial charge in [0.2, 0.25) is 0 Å². The molecule has 1 aromatic heterocycles. The first kappa shape index (κ1) is 17.0. The van der Waals surface area contributed by atoms with Crippen LogP contribution in [0.15, 0.2) is 47.3 Å². The van der Waals surface area contributed by atoms with Crippen LogP contribution in [0.3, 0.4) is 0 Å². The lowest BCUT2D eigenvalue weighted by atomic mass is 10.1. The van der Waals surface area contributed by atoms with Crippen LogP contribution in [0.5, 0.6) is 0 Å². The molecule has 1 heterocycles. The molecule has 2 rings (SSSR count). The zero-order valence-corrected chi connectivity index (χ0v) is 13.7. The number of H-pyrrole nitrogens is 1. The van der Waals surface area contributed by atoms with Crippen molar-refractivity contribution in [2.75, 3.05) is 6.54 Å². The van der Waals surface area contributed by atoms with Gasteiger partial charge in [-0.05, 0) is 38.5 Å². The molecule has 0 radical (unpaired) electrons. The number of pyridine rings is 1. The lowest BCUT2D eigenvalue weighted by Gasteiger charge is -2.29. The minimum absolute atomic E-state index is 0.0794. The fourth-order valence-electron chi connectivity index (χ4n) is 2.38. The number of rotatable bonds is 5. The summed E-state index contributed by atoms with van der Waals surface area (Å²) in [5.74, 6) is -0.391. The Bertz CT molecular complexity index is 730. The molecule has 0 fully saturated rings. The summed E-state index contributed by atoms with van der Waals surface area (Å²) in [4.78, 5) is 28.9. The maximum atomic E-state index is 12.8. The number of hydrogen-bond acceptors (Lipinski definition) is 3. The first-order chi connectivity index (χ1) is 10.8. The predicted molar refractivity (Wildman–Crippen MR) is 89.3 cm³/mol. The van der Waals surface area contributed by atoms with Gasteiger partial charge >= 0.3 is 0 Å². The third-order valence-corrected chi connectivity index (χ3v) is 3.37. The smallest absolute Gasteiger partial charge is 0.260 e. The summed E-state index contributed by atoms with van der Waals surface area (Å²) in [7, 11) is 0. The molecule has 0 spiro atoms. The first-order valence-corrected chi connectivity index (χ1v) is 7.52. The molecule has 5 nitrogen and oxygen atoms in total. The van der Waals surface area contributed by atoms with Crippen molar-refractivity contribution in [2.45, 2.75) is 32.9 Å². The molecule has 1 amide bonds. The van der Waals surface area contributed by atoms with Crippen molar-refractivity contribution in [3.63, 3.8) is 0 Å². The highest BCUT2D eigenvalue weighted by Crippen LogP contribution is 2.13. The zero-order chi connectivity index (χ0) is 17.0. The number of nitrogens with one attached hydrogen (secondary N) is 1. The van der Waals surface area contributed by atoms with Crippen molar-refractivity contribution in [1.82, 2.24) is 9.88 Å². The molecule has 0 saturated carbocycles. The van der Waals surface area contributed by atoms with Crippen LogP contribution in [-0.2, 0) is 6.54 Å². The van der Waals surface area contributed by atoms with Gasteiger partial charge in [-0.2, -0.15) is 0 Å². The van der Waals surface area contributed by atoms with Gasteiger partial charge in [-0.3, -0.25) is 9.59 Å². The fourth-order valence-corrected chi connectivity index (χ4v) is 2.38. The Morgan fingerprint density at radius 3 is 2.39 bits per heavy atom. The second-order valence-electron chi connectivity index (χ2n) is 6.34. The van der Waals surface area contributed by atoms with Gasteiger partial charge in [0, 0.05) is 18.8 Å². The van der Waals surface area contributed by atoms with Gasteiger partial charge in [0.25, 0.3) is 11.5 Å². The molecule has 0 saturated heterocycles. The molecular weight excluding hydrogens is 292 g/mol. The Morgan fingerprint density at radius 2 is 1.83 bits per heavy atom. The molecule has 0 aliphatic carbocycles. The molecule has 0 bridgehead atoms. The molecule has 1 aromatic carbocycles. The molecule has 122 valence electrons.